The second-order valence-corrected chi connectivity index (χ2v) is 4.59. The summed E-state index contributed by atoms with van der Waals surface area (Å²) in [6.45, 7) is 3.25. The number of likely N-dealkylation sites (tertiary alicyclic amines) is 1. The molecule has 2 aliphatic rings. The van der Waals surface area contributed by atoms with Crippen LogP contribution in [0.3, 0.4) is 0 Å². The maximum absolute atomic E-state index is 13.7. The highest BCUT2D eigenvalue weighted by Gasteiger charge is 2.47. The Balaban J connectivity index is 1.93. The molecule has 2 rings (SSSR count). The number of halogens is 2. The molecule has 2 aliphatic heterocycles. The summed E-state index contributed by atoms with van der Waals surface area (Å²) in [5, 5.41) is 5.41. The van der Waals surface area contributed by atoms with Crippen molar-refractivity contribution in [2.24, 2.45) is 0 Å². The highest BCUT2D eigenvalue weighted by molar-refractivity contribution is 5.73. The first-order valence-corrected chi connectivity index (χ1v) is 5.59. The molecule has 0 bridgehead atoms. The van der Waals surface area contributed by atoms with E-state index in [2.05, 4.69) is 10.6 Å². The van der Waals surface area contributed by atoms with Gasteiger partial charge >= 0.3 is 0 Å². The first-order chi connectivity index (χ1) is 7.49. The van der Waals surface area contributed by atoms with Gasteiger partial charge in [0.25, 0.3) is 5.92 Å². The zero-order valence-electron chi connectivity index (χ0n) is 9.30. The summed E-state index contributed by atoms with van der Waals surface area (Å²) in [6.07, 6.45) is 0.322. The molecule has 0 aliphatic carbocycles. The zero-order valence-corrected chi connectivity index (χ0v) is 9.30. The molecule has 1 amide bonds. The quantitative estimate of drug-likeness (QED) is 0.694. The summed E-state index contributed by atoms with van der Waals surface area (Å²) in [4.78, 5) is 12.6. The maximum Gasteiger partial charge on any atom is 0.280 e. The molecule has 0 spiro atoms. The van der Waals surface area contributed by atoms with E-state index in [0.717, 1.165) is 13.1 Å². The van der Waals surface area contributed by atoms with Crippen LogP contribution >= 0.6 is 0 Å². The highest BCUT2D eigenvalue weighted by Crippen LogP contribution is 2.29. The Hall–Kier alpha value is -0.750. The fraction of sp³-hybridized carbons (Fsp3) is 0.900. The van der Waals surface area contributed by atoms with Crippen molar-refractivity contribution in [2.45, 2.75) is 31.4 Å². The molecule has 0 saturated carbocycles. The number of hydrogen-bond acceptors (Lipinski definition) is 3. The molecule has 1 unspecified atom stereocenters. The number of piperidine rings is 1. The van der Waals surface area contributed by atoms with Crippen LogP contribution in [-0.4, -0.2) is 55.0 Å². The summed E-state index contributed by atoms with van der Waals surface area (Å²) in [6, 6.07) is -0.765. The topological polar surface area (TPSA) is 44.4 Å². The Morgan fingerprint density at radius 1 is 1.50 bits per heavy atom. The van der Waals surface area contributed by atoms with Gasteiger partial charge in [0.15, 0.2) is 0 Å². The maximum atomic E-state index is 13.7. The van der Waals surface area contributed by atoms with Gasteiger partial charge in [-0.3, -0.25) is 9.69 Å². The molecule has 6 heteroatoms. The second-order valence-electron chi connectivity index (χ2n) is 4.59. The van der Waals surface area contributed by atoms with Crippen LogP contribution in [0, 0.1) is 0 Å². The normalized spacial score (nSPS) is 30.8. The van der Waals surface area contributed by atoms with Crippen molar-refractivity contribution in [3.05, 3.63) is 0 Å². The van der Waals surface area contributed by atoms with Crippen LogP contribution in [0.4, 0.5) is 8.78 Å². The van der Waals surface area contributed by atoms with E-state index in [4.69, 9.17) is 0 Å². The number of amides is 1. The van der Waals surface area contributed by atoms with E-state index >= 15 is 0 Å². The van der Waals surface area contributed by atoms with E-state index in [9.17, 15) is 13.6 Å². The average molecular weight is 233 g/mol. The van der Waals surface area contributed by atoms with Crippen molar-refractivity contribution in [1.29, 1.82) is 0 Å². The average Bonchev–Trinajstić information content (AvgIpc) is 2.05. The zero-order chi connectivity index (χ0) is 11.8. The summed E-state index contributed by atoms with van der Waals surface area (Å²) in [5.74, 6) is -3.21. The van der Waals surface area contributed by atoms with E-state index < -0.39 is 12.0 Å². The largest absolute Gasteiger partial charge is 0.347 e. The van der Waals surface area contributed by atoms with Gasteiger partial charge in [-0.15, -0.1) is 0 Å². The van der Waals surface area contributed by atoms with Gasteiger partial charge in [0.05, 0.1) is 12.6 Å². The van der Waals surface area contributed by atoms with Gasteiger partial charge in [-0.25, -0.2) is 8.78 Å². The lowest BCUT2D eigenvalue weighted by Gasteiger charge is -2.45. The smallest absolute Gasteiger partial charge is 0.280 e. The molecule has 4 nitrogen and oxygen atoms in total. The Morgan fingerprint density at radius 2 is 2.19 bits per heavy atom. The molecule has 2 saturated heterocycles. The summed E-state index contributed by atoms with van der Waals surface area (Å²) >= 11 is 0. The van der Waals surface area contributed by atoms with E-state index in [1.165, 1.54) is 6.92 Å². The standard InChI is InChI=1S/C10H17F2N3O/c1-7(16)14-9-2-3-15(6-10(9,11)12)8-4-13-5-8/h8-9,13H,2-6H2,1H3,(H,14,16). The lowest BCUT2D eigenvalue weighted by molar-refractivity contribution is -0.131. The lowest BCUT2D eigenvalue weighted by Crippen LogP contribution is -2.65. The third kappa shape index (κ3) is 2.32. The van der Waals surface area contributed by atoms with Crippen LogP contribution < -0.4 is 10.6 Å². The van der Waals surface area contributed by atoms with Crippen molar-refractivity contribution in [1.82, 2.24) is 15.5 Å². The van der Waals surface area contributed by atoms with Gasteiger partial charge < -0.3 is 10.6 Å². The predicted octanol–water partition coefficient (Wildman–Crippen LogP) is -0.196. The SMILES string of the molecule is CC(=O)NC1CCN(C2CNC2)CC1(F)F. The summed E-state index contributed by atoms with van der Waals surface area (Å²) in [7, 11) is 0. The molecular weight excluding hydrogens is 216 g/mol. The van der Waals surface area contributed by atoms with Crippen LogP contribution in [0.5, 0.6) is 0 Å². The minimum absolute atomic E-state index is 0.240. The Bertz CT molecular complexity index is 281. The number of carbonyl (C=O) groups is 1. The Labute approximate surface area is 93.4 Å². The van der Waals surface area contributed by atoms with E-state index in [0.29, 0.717) is 13.0 Å². The van der Waals surface area contributed by atoms with Crippen molar-refractivity contribution in [3.63, 3.8) is 0 Å². The number of hydrogen-bond donors (Lipinski definition) is 2. The number of nitrogens with one attached hydrogen (secondary N) is 2. The molecule has 0 aromatic carbocycles. The Morgan fingerprint density at radius 3 is 2.62 bits per heavy atom. The summed E-state index contributed by atoms with van der Waals surface area (Å²) in [5.41, 5.74) is 0. The molecule has 2 fully saturated rings. The second kappa shape index (κ2) is 4.25. The molecule has 92 valence electrons. The van der Waals surface area contributed by atoms with Gasteiger partial charge in [-0.2, -0.15) is 0 Å². The van der Waals surface area contributed by atoms with Crippen molar-refractivity contribution in [2.75, 3.05) is 26.2 Å². The predicted molar refractivity (Wildman–Crippen MR) is 55.4 cm³/mol. The van der Waals surface area contributed by atoms with Gasteiger partial charge in [-0.05, 0) is 6.42 Å². The van der Waals surface area contributed by atoms with Crippen LogP contribution in [0.15, 0.2) is 0 Å². The van der Waals surface area contributed by atoms with Gasteiger partial charge in [0.1, 0.15) is 0 Å². The van der Waals surface area contributed by atoms with Crippen LogP contribution in [0.1, 0.15) is 13.3 Å². The van der Waals surface area contributed by atoms with Gasteiger partial charge in [0, 0.05) is 32.6 Å². The summed E-state index contributed by atoms with van der Waals surface area (Å²) < 4.78 is 27.4. The lowest BCUT2D eigenvalue weighted by atomic mass is 9.97. The Kier molecular flexibility index (Phi) is 3.12. The van der Waals surface area contributed by atoms with Crippen LogP contribution in [0.2, 0.25) is 0 Å². The van der Waals surface area contributed by atoms with Crippen molar-refractivity contribution >= 4 is 5.91 Å². The van der Waals surface area contributed by atoms with Gasteiger partial charge in [0.2, 0.25) is 5.91 Å². The first kappa shape index (κ1) is 11.7. The van der Waals surface area contributed by atoms with Gasteiger partial charge in [-0.1, -0.05) is 0 Å². The van der Waals surface area contributed by atoms with Crippen LogP contribution in [-0.2, 0) is 4.79 Å². The van der Waals surface area contributed by atoms with Crippen molar-refractivity contribution < 1.29 is 13.6 Å². The minimum Gasteiger partial charge on any atom is -0.347 e. The molecule has 0 aromatic heterocycles. The monoisotopic (exact) mass is 233 g/mol. The third-order valence-corrected chi connectivity index (χ3v) is 3.28. The number of carbonyl (C=O) groups excluding carboxylic acids is 1. The molecule has 0 aromatic rings. The van der Waals surface area contributed by atoms with E-state index in [1.54, 1.807) is 0 Å². The fourth-order valence-electron chi connectivity index (χ4n) is 2.23. The molecule has 2 heterocycles. The minimum atomic E-state index is -2.82. The van der Waals surface area contributed by atoms with E-state index in [-0.39, 0.29) is 18.5 Å². The number of nitrogens with zero attached hydrogens (tertiary/aromatic N) is 1. The molecular formula is C10H17F2N3O. The third-order valence-electron chi connectivity index (χ3n) is 3.28. The van der Waals surface area contributed by atoms with E-state index in [1.807, 2.05) is 4.90 Å². The molecule has 2 N–H and O–H groups in total. The van der Waals surface area contributed by atoms with Crippen molar-refractivity contribution in [3.8, 4) is 0 Å². The molecule has 16 heavy (non-hydrogen) atoms. The molecule has 0 radical (unpaired) electrons. The number of alkyl halides is 2. The fourth-order valence-corrected chi connectivity index (χ4v) is 2.23. The highest BCUT2D eigenvalue weighted by atomic mass is 19.3. The first-order valence-electron chi connectivity index (χ1n) is 5.59. The number of rotatable bonds is 2. The molecule has 1 atom stereocenters. The van der Waals surface area contributed by atoms with Crippen LogP contribution in [0.25, 0.3) is 0 Å².